The Labute approximate surface area is 123 Å². The van der Waals surface area contributed by atoms with Crippen LogP contribution in [0.4, 0.5) is 8.78 Å². The number of aliphatic hydroxyl groups is 1. The number of hydrogen-bond acceptors (Lipinski definition) is 2. The van der Waals surface area contributed by atoms with Crippen LogP contribution in [-0.4, -0.2) is 17.8 Å². The summed E-state index contributed by atoms with van der Waals surface area (Å²) >= 11 is 0. The third-order valence-corrected chi connectivity index (χ3v) is 3.17. The number of ether oxygens (including phenoxy) is 1. The van der Waals surface area contributed by atoms with Crippen molar-refractivity contribution in [2.75, 3.05) is 6.61 Å². The van der Waals surface area contributed by atoms with Gasteiger partial charge < -0.3 is 9.84 Å². The zero-order valence-corrected chi connectivity index (χ0v) is 11.9. The summed E-state index contributed by atoms with van der Waals surface area (Å²) in [6.45, 7) is 2.29. The molecule has 1 unspecified atom stereocenters. The molecule has 0 fully saturated rings. The van der Waals surface area contributed by atoms with Crippen molar-refractivity contribution >= 4 is 0 Å². The maximum Gasteiger partial charge on any atom is 0.126 e. The van der Waals surface area contributed by atoms with Gasteiger partial charge in [-0.2, -0.15) is 0 Å². The highest BCUT2D eigenvalue weighted by atomic mass is 19.1. The molecule has 2 aromatic carbocycles. The highest BCUT2D eigenvalue weighted by Crippen LogP contribution is 2.15. The summed E-state index contributed by atoms with van der Waals surface area (Å²) in [5.41, 5.74) is 1.27. The van der Waals surface area contributed by atoms with Gasteiger partial charge >= 0.3 is 0 Å². The normalized spacial score (nSPS) is 12.2. The largest absolute Gasteiger partial charge is 0.493 e. The minimum atomic E-state index is -0.772. The first-order valence-corrected chi connectivity index (χ1v) is 6.86. The van der Waals surface area contributed by atoms with Gasteiger partial charge in [0.05, 0.1) is 12.7 Å². The predicted molar refractivity (Wildman–Crippen MR) is 77.4 cm³/mol. The molecule has 0 aliphatic carbocycles. The Hall–Kier alpha value is -1.94. The Balaban J connectivity index is 1.82. The lowest BCUT2D eigenvalue weighted by Gasteiger charge is -2.12. The predicted octanol–water partition coefficient (Wildman–Crippen LogP) is 3.65. The lowest BCUT2D eigenvalue weighted by molar-refractivity contribution is 0.138. The van der Waals surface area contributed by atoms with E-state index in [1.54, 1.807) is 0 Å². The lowest BCUT2D eigenvalue weighted by Crippen LogP contribution is -2.15. The first-order chi connectivity index (χ1) is 10.0. The lowest BCUT2D eigenvalue weighted by atomic mass is 10.1. The fraction of sp³-hybridized carbons (Fsp3) is 0.294. The van der Waals surface area contributed by atoms with Crippen LogP contribution in [0.2, 0.25) is 0 Å². The number of aliphatic hydroxyl groups excluding tert-OH is 1. The molecular weight excluding hydrogens is 274 g/mol. The second kappa shape index (κ2) is 7.18. The van der Waals surface area contributed by atoms with Gasteiger partial charge in [-0.05, 0) is 48.4 Å². The van der Waals surface area contributed by atoms with Gasteiger partial charge in [0.25, 0.3) is 0 Å². The first kappa shape index (κ1) is 15.4. The van der Waals surface area contributed by atoms with Crippen LogP contribution in [0, 0.1) is 18.6 Å². The van der Waals surface area contributed by atoms with Crippen molar-refractivity contribution in [2.45, 2.75) is 25.9 Å². The van der Waals surface area contributed by atoms with Gasteiger partial charge in [0.1, 0.15) is 17.4 Å². The number of rotatable bonds is 6. The van der Waals surface area contributed by atoms with Crippen LogP contribution >= 0.6 is 0 Å². The molecule has 0 heterocycles. The van der Waals surface area contributed by atoms with Crippen LogP contribution in [0.15, 0.2) is 42.5 Å². The molecule has 0 aromatic heterocycles. The second-order valence-electron chi connectivity index (χ2n) is 5.05. The van der Waals surface area contributed by atoms with Crippen LogP contribution in [0.1, 0.15) is 17.5 Å². The van der Waals surface area contributed by atoms with Crippen molar-refractivity contribution in [3.63, 3.8) is 0 Å². The van der Waals surface area contributed by atoms with Crippen molar-refractivity contribution < 1.29 is 18.6 Å². The van der Waals surface area contributed by atoms with E-state index in [-0.39, 0.29) is 12.0 Å². The Bertz CT molecular complexity index is 599. The topological polar surface area (TPSA) is 29.5 Å². The van der Waals surface area contributed by atoms with Gasteiger partial charge in [0.2, 0.25) is 0 Å². The number of benzene rings is 2. The zero-order valence-electron chi connectivity index (χ0n) is 11.9. The van der Waals surface area contributed by atoms with Crippen LogP contribution in [0.3, 0.4) is 0 Å². The van der Waals surface area contributed by atoms with E-state index in [2.05, 4.69) is 0 Å². The van der Waals surface area contributed by atoms with Crippen molar-refractivity contribution in [3.8, 4) is 5.75 Å². The standard InChI is InChI=1S/C17H18F2O2/c1-12-3-2-4-16(9-12)21-8-7-15(20)11-13-10-14(18)5-6-17(13)19/h2-6,9-10,15,20H,7-8,11H2,1H3. The summed E-state index contributed by atoms with van der Waals surface area (Å²) in [6.07, 6.45) is -0.351. The number of aryl methyl sites for hydroxylation is 1. The van der Waals surface area contributed by atoms with E-state index in [0.29, 0.717) is 13.0 Å². The molecule has 2 nitrogen and oxygen atoms in total. The highest BCUT2D eigenvalue weighted by Gasteiger charge is 2.11. The quantitative estimate of drug-likeness (QED) is 0.880. The molecule has 2 rings (SSSR count). The maximum absolute atomic E-state index is 13.5. The average Bonchev–Trinajstić information content (AvgIpc) is 2.43. The summed E-state index contributed by atoms with van der Waals surface area (Å²) in [4.78, 5) is 0. The minimum absolute atomic E-state index is 0.0702. The molecule has 0 saturated heterocycles. The van der Waals surface area contributed by atoms with E-state index in [1.165, 1.54) is 0 Å². The first-order valence-electron chi connectivity index (χ1n) is 6.86. The van der Waals surface area contributed by atoms with Gasteiger partial charge in [-0.25, -0.2) is 8.78 Å². The van der Waals surface area contributed by atoms with Gasteiger partial charge in [0, 0.05) is 12.8 Å². The van der Waals surface area contributed by atoms with E-state index < -0.39 is 17.7 Å². The highest BCUT2D eigenvalue weighted by molar-refractivity contribution is 5.27. The molecule has 0 aliphatic heterocycles. The van der Waals surface area contributed by atoms with Crippen molar-refractivity contribution in [1.29, 1.82) is 0 Å². The number of halogens is 2. The van der Waals surface area contributed by atoms with Gasteiger partial charge in [-0.15, -0.1) is 0 Å². The van der Waals surface area contributed by atoms with E-state index in [9.17, 15) is 13.9 Å². The van der Waals surface area contributed by atoms with Crippen molar-refractivity contribution in [3.05, 3.63) is 65.2 Å². The molecule has 4 heteroatoms. The molecular formula is C17H18F2O2. The SMILES string of the molecule is Cc1cccc(OCCC(O)Cc2cc(F)ccc2F)c1. The summed E-state index contributed by atoms with van der Waals surface area (Å²) in [7, 11) is 0. The molecule has 1 N–H and O–H groups in total. The molecule has 0 saturated carbocycles. The van der Waals surface area contributed by atoms with Crippen molar-refractivity contribution in [2.24, 2.45) is 0 Å². The second-order valence-corrected chi connectivity index (χ2v) is 5.05. The Morgan fingerprint density at radius 1 is 1.14 bits per heavy atom. The van der Waals surface area contributed by atoms with Crippen LogP contribution < -0.4 is 4.74 Å². The summed E-state index contributed by atoms with van der Waals surface area (Å²) < 4.78 is 32.0. The molecule has 2 aromatic rings. The molecule has 0 radical (unpaired) electrons. The summed E-state index contributed by atoms with van der Waals surface area (Å²) in [5, 5.41) is 9.88. The van der Waals surface area contributed by atoms with E-state index in [1.807, 2.05) is 31.2 Å². The minimum Gasteiger partial charge on any atom is -0.493 e. The molecule has 0 spiro atoms. The fourth-order valence-corrected chi connectivity index (χ4v) is 2.07. The average molecular weight is 292 g/mol. The molecule has 1 atom stereocenters. The molecule has 0 aliphatic rings. The summed E-state index contributed by atoms with van der Waals surface area (Å²) in [6, 6.07) is 10.8. The van der Waals surface area contributed by atoms with Gasteiger partial charge in [-0.3, -0.25) is 0 Å². The van der Waals surface area contributed by atoms with Gasteiger partial charge in [-0.1, -0.05) is 12.1 Å². The van der Waals surface area contributed by atoms with E-state index >= 15 is 0 Å². The Morgan fingerprint density at radius 2 is 1.95 bits per heavy atom. The van der Waals surface area contributed by atoms with Crippen LogP contribution in [-0.2, 0) is 6.42 Å². The molecule has 0 amide bonds. The van der Waals surface area contributed by atoms with Crippen molar-refractivity contribution in [1.82, 2.24) is 0 Å². The third kappa shape index (κ3) is 4.83. The Morgan fingerprint density at radius 3 is 2.71 bits per heavy atom. The van der Waals surface area contributed by atoms with Crippen LogP contribution in [0.5, 0.6) is 5.75 Å². The Kier molecular flexibility index (Phi) is 5.28. The fourth-order valence-electron chi connectivity index (χ4n) is 2.07. The van der Waals surface area contributed by atoms with Gasteiger partial charge in [0.15, 0.2) is 0 Å². The smallest absolute Gasteiger partial charge is 0.126 e. The van der Waals surface area contributed by atoms with E-state index in [4.69, 9.17) is 4.74 Å². The molecule has 0 bridgehead atoms. The summed E-state index contributed by atoms with van der Waals surface area (Å²) in [5.74, 6) is -0.274. The van der Waals surface area contributed by atoms with Crippen LogP contribution in [0.25, 0.3) is 0 Å². The van der Waals surface area contributed by atoms with E-state index in [0.717, 1.165) is 29.5 Å². The number of hydrogen-bond donors (Lipinski definition) is 1. The molecule has 112 valence electrons. The molecule has 21 heavy (non-hydrogen) atoms. The zero-order chi connectivity index (χ0) is 15.2. The maximum atomic E-state index is 13.5. The monoisotopic (exact) mass is 292 g/mol. The third-order valence-electron chi connectivity index (χ3n) is 3.17.